The zero-order chi connectivity index (χ0) is 7.84. The molecule has 1 aromatic heterocycles. The molecule has 0 radical (unpaired) electrons. The first-order valence-corrected chi connectivity index (χ1v) is 4.03. The fourth-order valence-corrected chi connectivity index (χ4v) is 1.51. The molecule has 1 fully saturated rings. The van der Waals surface area contributed by atoms with E-state index in [-0.39, 0.29) is 0 Å². The summed E-state index contributed by atoms with van der Waals surface area (Å²) in [6.07, 6.45) is 2.74. The molecule has 11 heavy (non-hydrogen) atoms. The van der Waals surface area contributed by atoms with Crippen LogP contribution in [0.5, 0.6) is 0 Å². The van der Waals surface area contributed by atoms with Crippen molar-refractivity contribution in [2.75, 3.05) is 0 Å². The molecular weight excluding hydrogens is 160 g/mol. The van der Waals surface area contributed by atoms with Gasteiger partial charge in [-0.05, 0) is 18.1 Å². The van der Waals surface area contributed by atoms with Gasteiger partial charge in [-0.2, -0.15) is 0 Å². The van der Waals surface area contributed by atoms with Gasteiger partial charge in [0.25, 0.3) is 0 Å². The van der Waals surface area contributed by atoms with Crippen LogP contribution in [0.4, 0.5) is 0 Å². The molecule has 1 aliphatic carbocycles. The summed E-state index contributed by atoms with van der Waals surface area (Å²) >= 11 is 5.86. The highest BCUT2D eigenvalue weighted by Crippen LogP contribution is 2.41. The van der Waals surface area contributed by atoms with Crippen LogP contribution < -0.4 is 5.73 Å². The fourth-order valence-electron chi connectivity index (χ4n) is 1.25. The molecule has 2 nitrogen and oxygen atoms in total. The molecule has 1 aromatic rings. The molecule has 1 saturated carbocycles. The summed E-state index contributed by atoms with van der Waals surface area (Å²) in [7, 11) is 0. The first-order valence-electron chi connectivity index (χ1n) is 3.65. The minimum absolute atomic E-state index is 0.302. The van der Waals surface area contributed by atoms with Gasteiger partial charge < -0.3 is 5.73 Å². The molecule has 0 bridgehead atoms. The minimum atomic E-state index is 0.302. The lowest BCUT2D eigenvalue weighted by Crippen LogP contribution is -2.01. The van der Waals surface area contributed by atoms with Crippen molar-refractivity contribution in [1.29, 1.82) is 0 Å². The summed E-state index contributed by atoms with van der Waals surface area (Å²) in [5.74, 6) is 0.455. The molecule has 58 valence electrons. The Kier molecular flexibility index (Phi) is 1.59. The first kappa shape index (κ1) is 7.07. The normalized spacial score (nSPS) is 28.5. The Bertz CT molecular complexity index is 275. The maximum absolute atomic E-state index is 5.86. The van der Waals surface area contributed by atoms with E-state index < -0.39 is 0 Å². The number of halogens is 1. The van der Waals surface area contributed by atoms with Gasteiger partial charge in [-0.3, -0.25) is 0 Å². The van der Waals surface area contributed by atoms with Gasteiger partial charge >= 0.3 is 0 Å². The molecule has 0 saturated heterocycles. The van der Waals surface area contributed by atoms with Crippen LogP contribution in [0.1, 0.15) is 17.9 Å². The number of rotatable bonds is 1. The third-order valence-corrected chi connectivity index (χ3v) is 2.34. The molecule has 1 aliphatic rings. The van der Waals surface area contributed by atoms with Crippen LogP contribution in [0.3, 0.4) is 0 Å². The van der Waals surface area contributed by atoms with Crippen molar-refractivity contribution in [3.8, 4) is 0 Å². The highest BCUT2D eigenvalue weighted by molar-refractivity contribution is 6.30. The molecular formula is C8H9ClN2. The van der Waals surface area contributed by atoms with E-state index in [2.05, 4.69) is 4.98 Å². The van der Waals surface area contributed by atoms with E-state index in [0.717, 1.165) is 12.0 Å². The Morgan fingerprint density at radius 3 is 2.91 bits per heavy atom. The van der Waals surface area contributed by atoms with E-state index in [1.165, 1.54) is 0 Å². The Labute approximate surface area is 70.4 Å². The molecule has 0 amide bonds. The Morgan fingerprint density at radius 2 is 2.36 bits per heavy atom. The van der Waals surface area contributed by atoms with Crippen LogP contribution in [-0.4, -0.2) is 11.0 Å². The quantitative estimate of drug-likeness (QED) is 0.647. The van der Waals surface area contributed by atoms with Gasteiger partial charge in [-0.15, -0.1) is 0 Å². The predicted octanol–water partition coefficient (Wildman–Crippen LogP) is 1.55. The van der Waals surface area contributed by atoms with Gasteiger partial charge in [0.2, 0.25) is 0 Å². The SMILES string of the molecule is NC1CC1c1cccnc1Cl. The van der Waals surface area contributed by atoms with Crippen molar-refractivity contribution in [2.24, 2.45) is 5.73 Å². The summed E-state index contributed by atoms with van der Waals surface area (Å²) in [5.41, 5.74) is 6.78. The molecule has 0 aliphatic heterocycles. The second-order valence-electron chi connectivity index (χ2n) is 2.89. The zero-order valence-electron chi connectivity index (χ0n) is 6.00. The standard InChI is InChI=1S/C8H9ClN2/c9-8-5(2-1-3-11-8)6-4-7(6)10/h1-3,6-7H,4,10H2. The number of hydrogen-bond acceptors (Lipinski definition) is 2. The summed E-state index contributed by atoms with van der Waals surface area (Å²) in [4.78, 5) is 3.98. The third kappa shape index (κ3) is 1.24. The average molecular weight is 169 g/mol. The lowest BCUT2D eigenvalue weighted by Gasteiger charge is -1.98. The Balaban J connectivity index is 2.31. The van der Waals surface area contributed by atoms with E-state index >= 15 is 0 Å². The number of nitrogens with two attached hydrogens (primary N) is 1. The fraction of sp³-hybridized carbons (Fsp3) is 0.375. The molecule has 2 atom stereocenters. The van der Waals surface area contributed by atoms with Gasteiger partial charge in [0.15, 0.2) is 0 Å². The summed E-state index contributed by atoms with van der Waals surface area (Å²) in [5, 5.41) is 0.602. The second kappa shape index (κ2) is 2.47. The predicted molar refractivity (Wildman–Crippen MR) is 44.6 cm³/mol. The van der Waals surface area contributed by atoms with Gasteiger partial charge in [0.1, 0.15) is 5.15 Å². The minimum Gasteiger partial charge on any atom is -0.327 e. The Morgan fingerprint density at radius 1 is 1.64 bits per heavy atom. The molecule has 2 rings (SSSR count). The first-order chi connectivity index (χ1) is 5.29. The van der Waals surface area contributed by atoms with Gasteiger partial charge in [0.05, 0.1) is 0 Å². The van der Waals surface area contributed by atoms with Crippen molar-refractivity contribution < 1.29 is 0 Å². The van der Waals surface area contributed by atoms with Crippen molar-refractivity contribution in [3.05, 3.63) is 29.0 Å². The maximum atomic E-state index is 5.86. The molecule has 0 spiro atoms. The van der Waals surface area contributed by atoms with Crippen LogP contribution in [0, 0.1) is 0 Å². The van der Waals surface area contributed by atoms with E-state index in [1.807, 2.05) is 12.1 Å². The molecule has 1 heterocycles. The van der Waals surface area contributed by atoms with Crippen LogP contribution in [0.2, 0.25) is 5.15 Å². The van der Waals surface area contributed by atoms with E-state index in [0.29, 0.717) is 17.1 Å². The highest BCUT2D eigenvalue weighted by atomic mass is 35.5. The Hall–Kier alpha value is -0.600. The molecule has 2 N–H and O–H groups in total. The number of aromatic nitrogens is 1. The van der Waals surface area contributed by atoms with Crippen LogP contribution in [0.25, 0.3) is 0 Å². The highest BCUT2D eigenvalue weighted by Gasteiger charge is 2.36. The lowest BCUT2D eigenvalue weighted by atomic mass is 10.2. The average Bonchev–Trinajstić information content (AvgIpc) is 2.68. The van der Waals surface area contributed by atoms with Gasteiger partial charge in [0, 0.05) is 18.2 Å². The van der Waals surface area contributed by atoms with Crippen LogP contribution >= 0.6 is 11.6 Å². The maximum Gasteiger partial charge on any atom is 0.132 e. The third-order valence-electron chi connectivity index (χ3n) is 2.03. The van der Waals surface area contributed by atoms with Crippen molar-refractivity contribution in [3.63, 3.8) is 0 Å². The summed E-state index contributed by atoms with van der Waals surface area (Å²) in [6.45, 7) is 0. The van der Waals surface area contributed by atoms with Crippen molar-refractivity contribution >= 4 is 11.6 Å². The van der Waals surface area contributed by atoms with E-state index in [9.17, 15) is 0 Å². The van der Waals surface area contributed by atoms with E-state index in [4.69, 9.17) is 17.3 Å². The van der Waals surface area contributed by atoms with Gasteiger partial charge in [-0.25, -0.2) is 4.98 Å². The largest absolute Gasteiger partial charge is 0.327 e. The number of nitrogens with zero attached hydrogens (tertiary/aromatic N) is 1. The van der Waals surface area contributed by atoms with Crippen molar-refractivity contribution in [1.82, 2.24) is 4.98 Å². The topological polar surface area (TPSA) is 38.9 Å². The second-order valence-corrected chi connectivity index (χ2v) is 3.25. The molecule has 2 unspecified atom stereocenters. The molecule has 3 heteroatoms. The molecule has 0 aromatic carbocycles. The summed E-state index contributed by atoms with van der Waals surface area (Å²) < 4.78 is 0. The summed E-state index contributed by atoms with van der Waals surface area (Å²) in [6, 6.07) is 4.19. The lowest BCUT2D eigenvalue weighted by molar-refractivity contribution is 0.981. The van der Waals surface area contributed by atoms with Crippen molar-refractivity contribution in [2.45, 2.75) is 18.4 Å². The van der Waals surface area contributed by atoms with Crippen LogP contribution in [-0.2, 0) is 0 Å². The monoisotopic (exact) mass is 168 g/mol. The smallest absolute Gasteiger partial charge is 0.132 e. The zero-order valence-corrected chi connectivity index (χ0v) is 6.75. The van der Waals surface area contributed by atoms with Crippen LogP contribution in [0.15, 0.2) is 18.3 Å². The number of pyridine rings is 1. The van der Waals surface area contributed by atoms with E-state index in [1.54, 1.807) is 6.20 Å². The number of hydrogen-bond donors (Lipinski definition) is 1. The van der Waals surface area contributed by atoms with Gasteiger partial charge in [-0.1, -0.05) is 17.7 Å².